The van der Waals surface area contributed by atoms with Crippen molar-refractivity contribution in [3.8, 4) is 0 Å². The van der Waals surface area contributed by atoms with Crippen molar-refractivity contribution in [2.24, 2.45) is 0 Å². The Hall–Kier alpha value is -1.75. The Morgan fingerprint density at radius 2 is 2.00 bits per heavy atom. The van der Waals surface area contributed by atoms with E-state index in [1.807, 2.05) is 45.9 Å². The van der Waals surface area contributed by atoms with Crippen molar-refractivity contribution in [1.82, 2.24) is 5.32 Å². The van der Waals surface area contributed by atoms with Crippen LogP contribution in [0.15, 0.2) is 18.2 Å². The van der Waals surface area contributed by atoms with Crippen molar-refractivity contribution in [1.29, 1.82) is 0 Å². The summed E-state index contributed by atoms with van der Waals surface area (Å²) in [6.07, 6.45) is 1.68. The first-order valence-electron chi connectivity index (χ1n) is 8.15. The Kier molecular flexibility index (Phi) is 5.75. The SMILES string of the molecule is Cc1cc(CNC(=O)CCl)ccc1N(C(=O)OC(C)(C)C)C1CC1. The molecule has 0 aliphatic heterocycles. The number of hydrogen-bond donors (Lipinski definition) is 1. The van der Waals surface area contributed by atoms with Gasteiger partial charge in [-0.25, -0.2) is 4.79 Å². The van der Waals surface area contributed by atoms with Gasteiger partial charge in [0.25, 0.3) is 0 Å². The molecule has 1 aliphatic carbocycles. The summed E-state index contributed by atoms with van der Waals surface area (Å²) >= 11 is 5.48. The van der Waals surface area contributed by atoms with E-state index in [-0.39, 0.29) is 23.9 Å². The number of carbonyl (C=O) groups is 2. The van der Waals surface area contributed by atoms with E-state index in [1.54, 1.807) is 4.90 Å². The zero-order valence-electron chi connectivity index (χ0n) is 14.7. The Labute approximate surface area is 148 Å². The number of benzene rings is 1. The van der Waals surface area contributed by atoms with Gasteiger partial charge >= 0.3 is 6.09 Å². The minimum atomic E-state index is -0.524. The summed E-state index contributed by atoms with van der Waals surface area (Å²) in [6, 6.07) is 6.01. The topological polar surface area (TPSA) is 58.6 Å². The maximum absolute atomic E-state index is 12.6. The fraction of sp³-hybridized carbons (Fsp3) is 0.556. The van der Waals surface area contributed by atoms with Gasteiger partial charge < -0.3 is 10.1 Å². The van der Waals surface area contributed by atoms with Gasteiger partial charge in [-0.15, -0.1) is 11.6 Å². The van der Waals surface area contributed by atoms with Gasteiger partial charge in [-0.1, -0.05) is 12.1 Å². The summed E-state index contributed by atoms with van der Waals surface area (Å²) in [5, 5.41) is 2.74. The number of aryl methyl sites for hydroxylation is 1. The highest BCUT2D eigenvalue weighted by Crippen LogP contribution is 2.35. The predicted molar refractivity (Wildman–Crippen MR) is 95.5 cm³/mol. The lowest BCUT2D eigenvalue weighted by molar-refractivity contribution is -0.118. The molecule has 1 aromatic rings. The van der Waals surface area contributed by atoms with E-state index in [0.717, 1.165) is 29.7 Å². The zero-order valence-corrected chi connectivity index (χ0v) is 15.4. The second-order valence-electron chi connectivity index (χ2n) is 7.11. The first kappa shape index (κ1) is 18.6. The minimum absolute atomic E-state index is 0.0504. The number of anilines is 1. The fourth-order valence-corrected chi connectivity index (χ4v) is 2.53. The molecule has 6 heteroatoms. The molecular formula is C18H25ClN2O3. The molecule has 1 N–H and O–H groups in total. The maximum atomic E-state index is 12.6. The van der Waals surface area contributed by atoms with E-state index in [0.29, 0.717) is 6.54 Å². The monoisotopic (exact) mass is 352 g/mol. The Morgan fingerprint density at radius 3 is 2.50 bits per heavy atom. The van der Waals surface area contributed by atoms with Crippen LogP contribution in [-0.4, -0.2) is 29.5 Å². The van der Waals surface area contributed by atoms with Crippen LogP contribution in [0.3, 0.4) is 0 Å². The molecule has 1 fully saturated rings. The summed E-state index contributed by atoms with van der Waals surface area (Å²) in [6.45, 7) is 7.98. The predicted octanol–water partition coefficient (Wildman–Crippen LogP) is 3.75. The standard InChI is InChI=1S/C18H25ClN2O3/c1-12-9-13(11-20-16(22)10-19)5-8-15(12)21(14-6-7-14)17(23)24-18(2,3)4/h5,8-9,14H,6-7,10-11H2,1-4H3,(H,20,22). The molecule has 0 bridgehead atoms. The summed E-state index contributed by atoms with van der Waals surface area (Å²) < 4.78 is 5.55. The van der Waals surface area contributed by atoms with Gasteiger partial charge in [0.05, 0.1) is 5.69 Å². The van der Waals surface area contributed by atoms with Crippen LogP contribution < -0.4 is 10.2 Å². The molecule has 2 rings (SSSR count). The molecule has 0 saturated heterocycles. The van der Waals surface area contributed by atoms with Crippen LogP contribution in [0.2, 0.25) is 0 Å². The molecule has 1 saturated carbocycles. The largest absolute Gasteiger partial charge is 0.443 e. The number of rotatable bonds is 5. The number of amides is 2. The summed E-state index contributed by atoms with van der Waals surface area (Å²) in [4.78, 5) is 25.6. The van der Waals surface area contributed by atoms with Crippen LogP contribution in [0, 0.1) is 6.92 Å². The van der Waals surface area contributed by atoms with Crippen molar-refractivity contribution in [3.05, 3.63) is 29.3 Å². The lowest BCUT2D eigenvalue weighted by Crippen LogP contribution is -2.38. The van der Waals surface area contributed by atoms with Crippen LogP contribution in [-0.2, 0) is 16.1 Å². The molecule has 1 aliphatic rings. The van der Waals surface area contributed by atoms with Crippen LogP contribution in [0.4, 0.5) is 10.5 Å². The molecule has 0 aromatic heterocycles. The molecule has 0 heterocycles. The van der Waals surface area contributed by atoms with Gasteiger partial charge in [-0.05, 0) is 57.7 Å². The average molecular weight is 353 g/mol. The number of ether oxygens (including phenoxy) is 1. The third kappa shape index (κ3) is 5.13. The molecule has 2 amide bonds. The van der Waals surface area contributed by atoms with Crippen molar-refractivity contribution in [2.45, 2.75) is 58.7 Å². The number of carbonyl (C=O) groups excluding carboxylic acids is 2. The normalized spacial score (nSPS) is 14.2. The second-order valence-corrected chi connectivity index (χ2v) is 7.38. The van der Waals surface area contributed by atoms with E-state index in [4.69, 9.17) is 16.3 Å². The molecule has 24 heavy (non-hydrogen) atoms. The third-order valence-electron chi connectivity index (χ3n) is 3.63. The summed E-state index contributed by atoms with van der Waals surface area (Å²) in [5.41, 5.74) is 2.28. The molecule has 0 unspecified atom stereocenters. The lowest BCUT2D eigenvalue weighted by atomic mass is 10.1. The number of hydrogen-bond acceptors (Lipinski definition) is 3. The smallest absolute Gasteiger partial charge is 0.415 e. The van der Waals surface area contributed by atoms with Crippen LogP contribution in [0.5, 0.6) is 0 Å². The van der Waals surface area contributed by atoms with Crippen LogP contribution >= 0.6 is 11.6 Å². The van der Waals surface area contributed by atoms with Crippen molar-refractivity contribution < 1.29 is 14.3 Å². The van der Waals surface area contributed by atoms with Gasteiger partial charge in [-0.2, -0.15) is 0 Å². The molecule has 5 nitrogen and oxygen atoms in total. The molecule has 0 spiro atoms. The van der Waals surface area contributed by atoms with Gasteiger partial charge in [0.1, 0.15) is 11.5 Å². The van der Waals surface area contributed by atoms with E-state index >= 15 is 0 Å². The lowest BCUT2D eigenvalue weighted by Gasteiger charge is -2.28. The molecule has 1 aromatic carbocycles. The van der Waals surface area contributed by atoms with Crippen LogP contribution in [0.1, 0.15) is 44.7 Å². The first-order valence-corrected chi connectivity index (χ1v) is 8.69. The fourth-order valence-electron chi connectivity index (χ4n) is 2.43. The van der Waals surface area contributed by atoms with Gasteiger partial charge in [0, 0.05) is 12.6 Å². The zero-order chi connectivity index (χ0) is 17.9. The van der Waals surface area contributed by atoms with Gasteiger partial charge in [0.2, 0.25) is 5.91 Å². The van der Waals surface area contributed by atoms with Crippen molar-refractivity contribution in [3.63, 3.8) is 0 Å². The van der Waals surface area contributed by atoms with Crippen LogP contribution in [0.25, 0.3) is 0 Å². The highest BCUT2D eigenvalue weighted by Gasteiger charge is 2.37. The third-order valence-corrected chi connectivity index (χ3v) is 3.88. The second kappa shape index (κ2) is 7.43. The molecule has 0 atom stereocenters. The van der Waals surface area contributed by atoms with Crippen molar-refractivity contribution >= 4 is 29.3 Å². The molecule has 0 radical (unpaired) electrons. The number of nitrogens with one attached hydrogen (secondary N) is 1. The Balaban J connectivity index is 2.16. The van der Waals surface area contributed by atoms with Crippen molar-refractivity contribution in [2.75, 3.05) is 10.8 Å². The first-order chi connectivity index (χ1) is 11.2. The highest BCUT2D eigenvalue weighted by molar-refractivity contribution is 6.27. The average Bonchev–Trinajstić information content (AvgIpc) is 3.30. The van der Waals surface area contributed by atoms with E-state index in [9.17, 15) is 9.59 Å². The number of alkyl halides is 1. The van der Waals surface area contributed by atoms with Gasteiger partial charge in [-0.3, -0.25) is 9.69 Å². The van der Waals surface area contributed by atoms with Gasteiger partial charge in [0.15, 0.2) is 0 Å². The number of halogens is 1. The van der Waals surface area contributed by atoms with E-state index in [2.05, 4.69) is 5.32 Å². The van der Waals surface area contributed by atoms with E-state index in [1.165, 1.54) is 0 Å². The molecular weight excluding hydrogens is 328 g/mol. The number of nitrogens with zero attached hydrogens (tertiary/aromatic N) is 1. The van der Waals surface area contributed by atoms with E-state index < -0.39 is 5.60 Å². The minimum Gasteiger partial charge on any atom is -0.443 e. The highest BCUT2D eigenvalue weighted by atomic mass is 35.5. The molecule has 132 valence electrons. The maximum Gasteiger partial charge on any atom is 0.415 e. The quantitative estimate of drug-likeness (QED) is 0.821. The summed E-state index contributed by atoms with van der Waals surface area (Å²) in [5.74, 6) is -0.253. The Bertz CT molecular complexity index is 621. The summed E-state index contributed by atoms with van der Waals surface area (Å²) in [7, 11) is 0. The Morgan fingerprint density at radius 1 is 1.33 bits per heavy atom.